The van der Waals surface area contributed by atoms with Crippen molar-refractivity contribution in [2.75, 3.05) is 32.8 Å². The summed E-state index contributed by atoms with van der Waals surface area (Å²) in [5.74, 6) is -0.466. The standard InChI is InChI=1S/C18H21BrN2O5S/c1-13(21-8-10-25-11-9-21)12-20-18(22)16-6-7-17(26-16)27(23,24)15-4-2-14(19)3-5-15/h2-7,13H,8-12H2,1H3,(H,20,22)/t13-/m0/s1. The summed E-state index contributed by atoms with van der Waals surface area (Å²) in [5.41, 5.74) is 0. The molecule has 27 heavy (non-hydrogen) atoms. The van der Waals surface area contributed by atoms with Gasteiger partial charge in [-0.15, -0.1) is 0 Å². The van der Waals surface area contributed by atoms with Crippen molar-refractivity contribution in [1.29, 1.82) is 0 Å². The Morgan fingerprint density at radius 2 is 1.85 bits per heavy atom. The molecule has 1 aliphatic rings. The van der Waals surface area contributed by atoms with Gasteiger partial charge >= 0.3 is 0 Å². The first kappa shape index (κ1) is 20.1. The van der Waals surface area contributed by atoms with Crippen LogP contribution in [-0.2, 0) is 14.6 Å². The lowest BCUT2D eigenvalue weighted by molar-refractivity contribution is 0.0203. The van der Waals surface area contributed by atoms with Crippen molar-refractivity contribution >= 4 is 31.7 Å². The highest BCUT2D eigenvalue weighted by molar-refractivity contribution is 9.10. The van der Waals surface area contributed by atoms with E-state index < -0.39 is 15.7 Å². The number of rotatable bonds is 6. The van der Waals surface area contributed by atoms with Crippen LogP contribution in [0.15, 0.2) is 55.3 Å². The van der Waals surface area contributed by atoms with Gasteiger partial charge in [0.05, 0.1) is 18.1 Å². The molecule has 1 saturated heterocycles. The van der Waals surface area contributed by atoms with E-state index in [0.717, 1.165) is 17.6 Å². The molecule has 1 fully saturated rings. The van der Waals surface area contributed by atoms with Crippen LogP contribution in [0.3, 0.4) is 0 Å². The second-order valence-corrected chi connectivity index (χ2v) is 9.08. The first-order valence-corrected chi connectivity index (χ1v) is 10.9. The number of nitrogens with zero attached hydrogens (tertiary/aromatic N) is 1. The second-order valence-electron chi connectivity index (χ2n) is 6.28. The summed E-state index contributed by atoms with van der Waals surface area (Å²) in [6.45, 7) is 5.49. The Morgan fingerprint density at radius 3 is 2.52 bits per heavy atom. The topological polar surface area (TPSA) is 88.8 Å². The minimum absolute atomic E-state index is 0.0279. The number of benzene rings is 1. The van der Waals surface area contributed by atoms with E-state index in [1.54, 1.807) is 12.1 Å². The third-order valence-electron chi connectivity index (χ3n) is 4.42. The summed E-state index contributed by atoms with van der Waals surface area (Å²) in [6, 6.07) is 9.06. The molecule has 0 spiro atoms. The van der Waals surface area contributed by atoms with Gasteiger partial charge in [0, 0.05) is 30.1 Å². The van der Waals surface area contributed by atoms with Crippen molar-refractivity contribution in [3.8, 4) is 0 Å². The second kappa shape index (κ2) is 8.55. The number of nitrogens with one attached hydrogen (secondary N) is 1. The molecule has 0 unspecified atom stereocenters. The van der Waals surface area contributed by atoms with Crippen molar-refractivity contribution < 1.29 is 22.4 Å². The summed E-state index contributed by atoms with van der Waals surface area (Å²) in [5, 5.41) is 2.54. The Hall–Kier alpha value is -1.68. The molecular formula is C18H21BrN2O5S. The van der Waals surface area contributed by atoms with Gasteiger partial charge in [0.15, 0.2) is 5.76 Å². The van der Waals surface area contributed by atoms with E-state index in [9.17, 15) is 13.2 Å². The fraction of sp³-hybridized carbons (Fsp3) is 0.389. The van der Waals surface area contributed by atoms with Gasteiger partial charge in [0.2, 0.25) is 14.9 Å². The van der Waals surface area contributed by atoms with Crippen LogP contribution < -0.4 is 5.32 Å². The van der Waals surface area contributed by atoms with Crippen molar-refractivity contribution in [1.82, 2.24) is 10.2 Å². The van der Waals surface area contributed by atoms with Crippen molar-refractivity contribution in [2.45, 2.75) is 23.0 Å². The zero-order valence-corrected chi connectivity index (χ0v) is 17.3. The Kier molecular flexibility index (Phi) is 6.36. The molecule has 1 aromatic heterocycles. The molecule has 2 heterocycles. The first-order valence-electron chi connectivity index (χ1n) is 8.58. The quantitative estimate of drug-likeness (QED) is 0.717. The normalized spacial score (nSPS) is 16.8. The Bertz CT molecular complexity index is 889. The molecule has 146 valence electrons. The molecule has 1 amide bonds. The van der Waals surface area contributed by atoms with Gasteiger partial charge in [0.1, 0.15) is 0 Å². The first-order chi connectivity index (χ1) is 12.9. The zero-order valence-electron chi connectivity index (χ0n) is 14.9. The summed E-state index contributed by atoms with van der Waals surface area (Å²) >= 11 is 3.27. The van der Waals surface area contributed by atoms with E-state index >= 15 is 0 Å². The minimum atomic E-state index is -3.81. The van der Waals surface area contributed by atoms with E-state index in [2.05, 4.69) is 26.1 Å². The van der Waals surface area contributed by atoms with Crippen LogP contribution in [0, 0.1) is 0 Å². The third-order valence-corrected chi connectivity index (χ3v) is 6.59. The molecule has 1 aromatic carbocycles. The predicted octanol–water partition coefficient (Wildman–Crippen LogP) is 2.33. The summed E-state index contributed by atoms with van der Waals surface area (Å²) in [4.78, 5) is 14.6. The van der Waals surface area contributed by atoms with Gasteiger partial charge in [0.25, 0.3) is 5.91 Å². The van der Waals surface area contributed by atoms with Crippen LogP contribution in [0.2, 0.25) is 0 Å². The largest absolute Gasteiger partial charge is 0.439 e. The van der Waals surface area contributed by atoms with Crippen molar-refractivity contribution in [2.24, 2.45) is 0 Å². The molecule has 7 nitrogen and oxygen atoms in total. The molecule has 0 saturated carbocycles. The molecule has 1 N–H and O–H groups in total. The van der Waals surface area contributed by atoms with E-state index in [1.165, 1.54) is 24.3 Å². The van der Waals surface area contributed by atoms with Crippen LogP contribution in [-0.4, -0.2) is 58.1 Å². The van der Waals surface area contributed by atoms with Gasteiger partial charge < -0.3 is 14.5 Å². The number of carbonyl (C=O) groups is 1. The number of carbonyl (C=O) groups excluding carboxylic acids is 1. The van der Waals surface area contributed by atoms with Crippen LogP contribution in [0.25, 0.3) is 0 Å². The van der Waals surface area contributed by atoms with Crippen LogP contribution in [0.1, 0.15) is 17.5 Å². The molecule has 3 rings (SSSR count). The van der Waals surface area contributed by atoms with Crippen molar-refractivity contribution in [3.63, 3.8) is 0 Å². The van der Waals surface area contributed by atoms with E-state index in [1.807, 2.05) is 6.92 Å². The molecule has 0 aliphatic carbocycles. The highest BCUT2D eigenvalue weighted by Crippen LogP contribution is 2.24. The van der Waals surface area contributed by atoms with Gasteiger partial charge in [-0.3, -0.25) is 9.69 Å². The molecule has 2 aromatic rings. The lowest BCUT2D eigenvalue weighted by atomic mass is 10.2. The molecule has 0 bridgehead atoms. The van der Waals surface area contributed by atoms with Crippen LogP contribution in [0.4, 0.5) is 0 Å². The Morgan fingerprint density at radius 1 is 1.19 bits per heavy atom. The van der Waals surface area contributed by atoms with Crippen molar-refractivity contribution in [3.05, 3.63) is 46.6 Å². The lowest BCUT2D eigenvalue weighted by Crippen LogP contribution is -2.47. The SMILES string of the molecule is C[C@@H](CNC(=O)c1ccc(S(=O)(=O)c2ccc(Br)cc2)o1)N1CCOCC1. The Labute approximate surface area is 166 Å². The zero-order chi connectivity index (χ0) is 19.4. The van der Waals surface area contributed by atoms with E-state index in [4.69, 9.17) is 9.15 Å². The van der Waals surface area contributed by atoms with Gasteiger partial charge in [-0.2, -0.15) is 0 Å². The number of morpholine rings is 1. The third kappa shape index (κ3) is 4.78. The van der Waals surface area contributed by atoms with Crippen LogP contribution in [0.5, 0.6) is 0 Å². The summed E-state index contributed by atoms with van der Waals surface area (Å²) in [7, 11) is -3.81. The van der Waals surface area contributed by atoms with Gasteiger partial charge in [-0.05, 0) is 43.3 Å². The van der Waals surface area contributed by atoms with Crippen LogP contribution >= 0.6 is 15.9 Å². The maximum absolute atomic E-state index is 12.6. The number of halogens is 1. The average Bonchev–Trinajstić information content (AvgIpc) is 3.18. The number of ether oxygens (including phenoxy) is 1. The molecular weight excluding hydrogens is 436 g/mol. The molecule has 1 aliphatic heterocycles. The number of furan rings is 1. The highest BCUT2D eigenvalue weighted by Gasteiger charge is 2.24. The van der Waals surface area contributed by atoms with Gasteiger partial charge in [-0.25, -0.2) is 8.42 Å². The molecule has 9 heteroatoms. The molecule has 1 atom stereocenters. The lowest BCUT2D eigenvalue weighted by Gasteiger charge is -2.32. The monoisotopic (exact) mass is 456 g/mol. The number of hydrogen-bond acceptors (Lipinski definition) is 6. The number of sulfone groups is 1. The molecule has 0 radical (unpaired) electrons. The smallest absolute Gasteiger partial charge is 0.287 e. The average molecular weight is 457 g/mol. The summed E-state index contributed by atoms with van der Waals surface area (Å²) < 4.78 is 36.6. The summed E-state index contributed by atoms with van der Waals surface area (Å²) in [6.07, 6.45) is 0. The maximum atomic E-state index is 12.6. The fourth-order valence-electron chi connectivity index (χ4n) is 2.79. The van der Waals surface area contributed by atoms with E-state index in [0.29, 0.717) is 19.8 Å². The minimum Gasteiger partial charge on any atom is -0.439 e. The number of hydrogen-bond donors (Lipinski definition) is 1. The Balaban J connectivity index is 1.64. The van der Waals surface area contributed by atoms with Gasteiger partial charge in [-0.1, -0.05) is 15.9 Å². The highest BCUT2D eigenvalue weighted by atomic mass is 79.9. The fourth-order valence-corrected chi connectivity index (χ4v) is 4.23. The maximum Gasteiger partial charge on any atom is 0.287 e. The van der Waals surface area contributed by atoms with E-state index in [-0.39, 0.29) is 21.8 Å². The predicted molar refractivity (Wildman–Crippen MR) is 102 cm³/mol. The number of amides is 1.